The van der Waals surface area contributed by atoms with Gasteiger partial charge in [0.1, 0.15) is 11.5 Å². The van der Waals surface area contributed by atoms with Gasteiger partial charge in [-0.15, -0.1) is 0 Å². The largest absolute Gasteiger partial charge is 0.506 e. The lowest BCUT2D eigenvalue weighted by Crippen LogP contribution is -2.18. The summed E-state index contributed by atoms with van der Waals surface area (Å²) < 4.78 is 7.40. The van der Waals surface area contributed by atoms with Crippen molar-refractivity contribution >= 4 is 66.6 Å². The first-order valence-electron chi connectivity index (χ1n) is 6.27. The van der Waals surface area contributed by atoms with Crippen molar-refractivity contribution in [3.63, 3.8) is 0 Å². The van der Waals surface area contributed by atoms with Crippen LogP contribution in [0.15, 0.2) is 44.4 Å². The predicted molar refractivity (Wildman–Crippen MR) is 104 cm³/mol. The molecule has 0 aliphatic heterocycles. The number of ether oxygens (including phenoxy) is 1. The van der Waals surface area contributed by atoms with Gasteiger partial charge in [0.05, 0.1) is 22.5 Å². The number of amides is 1. The van der Waals surface area contributed by atoms with E-state index in [1.54, 1.807) is 30.3 Å². The molecule has 2 aromatic carbocycles. The summed E-state index contributed by atoms with van der Waals surface area (Å²) in [5, 5.41) is 13.9. The number of halogens is 3. The fourth-order valence-electron chi connectivity index (χ4n) is 1.76. The number of nitrogens with one attached hydrogen (secondary N) is 1. The highest BCUT2D eigenvalue weighted by molar-refractivity contribution is 14.1. The van der Waals surface area contributed by atoms with Crippen LogP contribution < -0.4 is 10.2 Å². The topological polar surface area (TPSA) is 70.9 Å². The molecule has 0 spiro atoms. The number of hydrogen-bond acceptors (Lipinski definition) is 4. The lowest BCUT2D eigenvalue weighted by Gasteiger charge is -2.07. The normalized spacial score (nSPS) is 10.8. The molecule has 2 aromatic rings. The fourth-order valence-corrected chi connectivity index (χ4v) is 3.67. The van der Waals surface area contributed by atoms with Crippen molar-refractivity contribution in [2.75, 3.05) is 7.11 Å². The number of carbonyl (C=O) groups excluding carboxylic acids is 1. The lowest BCUT2D eigenvalue weighted by atomic mass is 10.2. The second-order valence-electron chi connectivity index (χ2n) is 4.37. The standard InChI is InChI=1S/C15H11Br2IN2O3/c1-23-13-3-2-9(16)5-11(13)15(22)20-19-7-8-4-10(17)6-12(18)14(8)21/h2-7,21H,1H3,(H,20,22)/b19-7-. The molecule has 0 bridgehead atoms. The smallest absolute Gasteiger partial charge is 0.275 e. The monoisotopic (exact) mass is 552 g/mol. The van der Waals surface area contributed by atoms with Crippen molar-refractivity contribution in [2.24, 2.45) is 5.10 Å². The van der Waals surface area contributed by atoms with Crippen LogP contribution in [0.25, 0.3) is 0 Å². The Balaban J connectivity index is 2.18. The van der Waals surface area contributed by atoms with Gasteiger partial charge in [-0.3, -0.25) is 4.79 Å². The summed E-state index contributed by atoms with van der Waals surface area (Å²) in [6.45, 7) is 0. The summed E-state index contributed by atoms with van der Waals surface area (Å²) in [5.41, 5.74) is 3.26. The molecule has 0 heterocycles. The molecule has 8 heteroatoms. The van der Waals surface area contributed by atoms with Crippen LogP contribution in [0.1, 0.15) is 15.9 Å². The molecule has 0 saturated heterocycles. The van der Waals surface area contributed by atoms with Gasteiger partial charge in [0.15, 0.2) is 0 Å². The number of phenolic OH excluding ortho intramolecular Hbond substituents is 1. The summed E-state index contributed by atoms with van der Waals surface area (Å²) in [4.78, 5) is 12.2. The average molecular weight is 554 g/mol. The summed E-state index contributed by atoms with van der Waals surface area (Å²) >= 11 is 8.67. The van der Waals surface area contributed by atoms with E-state index in [2.05, 4.69) is 42.4 Å². The van der Waals surface area contributed by atoms with E-state index in [9.17, 15) is 9.90 Å². The molecule has 23 heavy (non-hydrogen) atoms. The van der Waals surface area contributed by atoms with Gasteiger partial charge >= 0.3 is 0 Å². The Kier molecular flexibility index (Phi) is 6.42. The van der Waals surface area contributed by atoms with Crippen molar-refractivity contribution in [3.05, 3.63) is 54.0 Å². The predicted octanol–water partition coefficient (Wildman–Crippen LogP) is 4.29. The zero-order valence-electron chi connectivity index (χ0n) is 11.8. The Morgan fingerprint density at radius 2 is 2.04 bits per heavy atom. The molecular formula is C15H11Br2IN2O3. The first-order chi connectivity index (χ1) is 10.9. The first kappa shape index (κ1) is 18.2. The molecule has 0 unspecified atom stereocenters. The number of aromatic hydroxyl groups is 1. The molecular weight excluding hydrogens is 543 g/mol. The molecule has 0 aliphatic rings. The zero-order chi connectivity index (χ0) is 17.0. The Morgan fingerprint density at radius 3 is 2.74 bits per heavy atom. The number of hydrazone groups is 1. The Morgan fingerprint density at radius 1 is 1.30 bits per heavy atom. The third-order valence-corrected chi connectivity index (χ3v) is 4.61. The first-order valence-corrected chi connectivity index (χ1v) is 8.94. The number of rotatable bonds is 4. The summed E-state index contributed by atoms with van der Waals surface area (Å²) in [6, 6.07) is 8.58. The van der Waals surface area contributed by atoms with Crippen LogP contribution in [0.5, 0.6) is 11.5 Å². The van der Waals surface area contributed by atoms with Gasteiger partial charge in [-0.1, -0.05) is 31.9 Å². The molecule has 0 radical (unpaired) electrons. The zero-order valence-corrected chi connectivity index (χ0v) is 17.1. The van der Waals surface area contributed by atoms with Crippen LogP contribution in [0.4, 0.5) is 0 Å². The highest BCUT2D eigenvalue weighted by Crippen LogP contribution is 2.27. The quantitative estimate of drug-likeness (QED) is 0.337. The van der Waals surface area contributed by atoms with Crippen molar-refractivity contribution in [3.8, 4) is 11.5 Å². The second-order valence-corrected chi connectivity index (χ2v) is 7.36. The highest BCUT2D eigenvalue weighted by atomic mass is 127. The third-order valence-electron chi connectivity index (χ3n) is 2.83. The molecule has 1 amide bonds. The molecule has 0 aliphatic carbocycles. The molecule has 0 fully saturated rings. The number of methoxy groups -OCH3 is 1. The van der Waals surface area contributed by atoms with Gasteiger partial charge in [0.25, 0.3) is 5.91 Å². The summed E-state index contributed by atoms with van der Waals surface area (Å²) in [7, 11) is 1.49. The van der Waals surface area contributed by atoms with Crippen LogP contribution in [-0.2, 0) is 0 Å². The number of nitrogens with zero attached hydrogens (tertiary/aromatic N) is 1. The molecule has 2 rings (SSSR count). The number of phenols is 1. The average Bonchev–Trinajstić information content (AvgIpc) is 2.51. The third kappa shape index (κ3) is 4.67. The molecule has 0 saturated carbocycles. The van der Waals surface area contributed by atoms with Gasteiger partial charge in [0.2, 0.25) is 0 Å². The van der Waals surface area contributed by atoms with E-state index < -0.39 is 5.91 Å². The minimum atomic E-state index is -0.413. The number of hydrogen-bond donors (Lipinski definition) is 2. The van der Waals surface area contributed by atoms with Crippen molar-refractivity contribution in [1.82, 2.24) is 5.43 Å². The van der Waals surface area contributed by atoms with Gasteiger partial charge in [0, 0.05) is 14.5 Å². The molecule has 0 atom stereocenters. The summed E-state index contributed by atoms with van der Waals surface area (Å²) in [5.74, 6) is 0.135. The van der Waals surface area contributed by atoms with Gasteiger partial charge < -0.3 is 9.84 Å². The minimum absolute atomic E-state index is 0.104. The Labute approximate surface area is 163 Å². The van der Waals surface area contributed by atoms with Gasteiger partial charge in [-0.05, 0) is 52.9 Å². The Hall–Kier alpha value is -1.13. The van der Waals surface area contributed by atoms with E-state index in [1.165, 1.54) is 13.3 Å². The Bertz CT molecular complexity index is 782. The summed E-state index contributed by atoms with van der Waals surface area (Å²) in [6.07, 6.45) is 1.38. The van der Waals surface area contributed by atoms with Crippen LogP contribution in [-0.4, -0.2) is 24.3 Å². The fraction of sp³-hybridized carbons (Fsp3) is 0.0667. The van der Waals surface area contributed by atoms with Gasteiger partial charge in [-0.25, -0.2) is 5.43 Å². The van der Waals surface area contributed by atoms with E-state index in [1.807, 2.05) is 22.6 Å². The van der Waals surface area contributed by atoms with Crippen molar-refractivity contribution in [2.45, 2.75) is 0 Å². The maximum absolute atomic E-state index is 12.2. The van der Waals surface area contributed by atoms with Crippen LogP contribution >= 0.6 is 54.5 Å². The van der Waals surface area contributed by atoms with Gasteiger partial charge in [-0.2, -0.15) is 5.10 Å². The van der Waals surface area contributed by atoms with E-state index in [0.29, 0.717) is 20.4 Å². The van der Waals surface area contributed by atoms with E-state index >= 15 is 0 Å². The van der Waals surface area contributed by atoms with Crippen molar-refractivity contribution in [1.29, 1.82) is 0 Å². The van der Waals surface area contributed by atoms with Crippen molar-refractivity contribution < 1.29 is 14.6 Å². The molecule has 120 valence electrons. The lowest BCUT2D eigenvalue weighted by molar-refractivity contribution is 0.0952. The van der Waals surface area contributed by atoms with Crippen LogP contribution in [0, 0.1) is 3.57 Å². The molecule has 5 nitrogen and oxygen atoms in total. The second kappa shape index (κ2) is 8.11. The molecule has 0 aromatic heterocycles. The molecule has 2 N–H and O–H groups in total. The maximum Gasteiger partial charge on any atom is 0.275 e. The maximum atomic E-state index is 12.2. The highest BCUT2D eigenvalue weighted by Gasteiger charge is 2.12. The number of benzene rings is 2. The van der Waals surface area contributed by atoms with E-state index in [0.717, 1.165) is 8.95 Å². The van der Waals surface area contributed by atoms with Crippen LogP contribution in [0.2, 0.25) is 0 Å². The SMILES string of the molecule is COc1ccc(Br)cc1C(=O)N/N=C\c1cc(Br)cc(I)c1O. The van der Waals surface area contributed by atoms with E-state index in [-0.39, 0.29) is 5.75 Å². The van der Waals surface area contributed by atoms with E-state index in [4.69, 9.17) is 4.74 Å². The minimum Gasteiger partial charge on any atom is -0.506 e. The van der Waals surface area contributed by atoms with Crippen LogP contribution in [0.3, 0.4) is 0 Å². The number of carbonyl (C=O) groups is 1.